The first-order valence-corrected chi connectivity index (χ1v) is 10.5. The number of guanidine groups is 1. The van der Waals surface area contributed by atoms with Crippen molar-refractivity contribution in [3.8, 4) is 0 Å². The normalized spacial score (nSPS) is 27.8. The number of ether oxygens (including phenoxy) is 1. The molecule has 26 heavy (non-hydrogen) atoms. The Labute approximate surface area is 158 Å². The number of carbonyl (C=O) groups excluding carboxylic acids is 1. The quantitative estimate of drug-likeness (QED) is 0.613. The highest BCUT2D eigenvalue weighted by atomic mass is 16.5. The van der Waals surface area contributed by atoms with Crippen molar-refractivity contribution in [3.05, 3.63) is 0 Å². The van der Waals surface area contributed by atoms with Gasteiger partial charge in [0.1, 0.15) is 6.54 Å². The third-order valence-corrected chi connectivity index (χ3v) is 6.15. The molecule has 6 nitrogen and oxygen atoms in total. The molecule has 6 heteroatoms. The molecule has 1 N–H and O–H groups in total. The van der Waals surface area contributed by atoms with Gasteiger partial charge in [-0.15, -0.1) is 0 Å². The molecule has 0 aromatic carbocycles. The van der Waals surface area contributed by atoms with E-state index in [0.717, 1.165) is 51.0 Å². The zero-order valence-corrected chi connectivity index (χ0v) is 16.6. The van der Waals surface area contributed by atoms with Crippen molar-refractivity contribution in [2.45, 2.75) is 57.5 Å². The number of nitrogens with zero attached hydrogens (tertiary/aromatic N) is 3. The Kier molecular flexibility index (Phi) is 7.17. The van der Waals surface area contributed by atoms with Crippen molar-refractivity contribution in [2.24, 2.45) is 16.8 Å². The van der Waals surface area contributed by atoms with Gasteiger partial charge in [-0.3, -0.25) is 4.79 Å². The minimum atomic E-state index is 0.0536. The number of nitrogens with one attached hydrogen (secondary N) is 1. The lowest BCUT2D eigenvalue weighted by atomic mass is 9.88. The fourth-order valence-corrected chi connectivity index (χ4v) is 4.46. The van der Waals surface area contributed by atoms with Gasteiger partial charge in [-0.2, -0.15) is 0 Å². The molecule has 2 saturated heterocycles. The molecule has 0 spiro atoms. The van der Waals surface area contributed by atoms with Crippen LogP contribution < -0.4 is 5.32 Å². The minimum absolute atomic E-state index is 0.0536. The Morgan fingerprint density at radius 1 is 1.15 bits per heavy atom. The maximum Gasteiger partial charge on any atom is 0.243 e. The summed E-state index contributed by atoms with van der Waals surface area (Å²) < 4.78 is 5.95. The van der Waals surface area contributed by atoms with Crippen LogP contribution in [-0.4, -0.2) is 74.7 Å². The molecule has 2 unspecified atom stereocenters. The van der Waals surface area contributed by atoms with E-state index in [0.29, 0.717) is 12.0 Å². The summed E-state index contributed by atoms with van der Waals surface area (Å²) in [5.41, 5.74) is 0. The topological polar surface area (TPSA) is 57.2 Å². The summed E-state index contributed by atoms with van der Waals surface area (Å²) in [6, 6.07) is 0. The van der Waals surface area contributed by atoms with Crippen LogP contribution in [0.25, 0.3) is 0 Å². The van der Waals surface area contributed by atoms with Crippen LogP contribution in [0.2, 0.25) is 0 Å². The Morgan fingerprint density at radius 2 is 1.96 bits per heavy atom. The average Bonchev–Trinajstić information content (AvgIpc) is 2.68. The number of amides is 1. The molecule has 2 heterocycles. The molecule has 3 rings (SSSR count). The molecule has 1 saturated carbocycles. The van der Waals surface area contributed by atoms with E-state index in [9.17, 15) is 4.79 Å². The van der Waals surface area contributed by atoms with Gasteiger partial charge in [0.25, 0.3) is 0 Å². The van der Waals surface area contributed by atoms with Gasteiger partial charge in [0, 0.05) is 46.3 Å². The lowest BCUT2D eigenvalue weighted by molar-refractivity contribution is -0.127. The summed E-state index contributed by atoms with van der Waals surface area (Å²) in [6.07, 6.45) is 10.6. The maximum absolute atomic E-state index is 12.0. The van der Waals surface area contributed by atoms with Crippen molar-refractivity contribution in [1.82, 2.24) is 15.1 Å². The Bertz CT molecular complexity index is 488. The van der Waals surface area contributed by atoms with E-state index >= 15 is 0 Å². The lowest BCUT2D eigenvalue weighted by Crippen LogP contribution is -2.53. The molecular weight excluding hydrogens is 328 g/mol. The average molecular weight is 365 g/mol. The number of fused-ring (bicyclic) bond motifs is 1. The summed E-state index contributed by atoms with van der Waals surface area (Å²) in [6.45, 7) is 4.09. The number of piperidine rings is 1. The number of likely N-dealkylation sites (N-methyl/N-ethyl adjacent to an activating group) is 1. The van der Waals surface area contributed by atoms with Gasteiger partial charge < -0.3 is 19.9 Å². The summed E-state index contributed by atoms with van der Waals surface area (Å²) in [7, 11) is 3.58. The molecule has 1 aliphatic carbocycles. The molecule has 1 amide bonds. The van der Waals surface area contributed by atoms with E-state index in [1.807, 2.05) is 0 Å². The van der Waals surface area contributed by atoms with E-state index in [1.54, 1.807) is 19.0 Å². The molecule has 0 aromatic heterocycles. The van der Waals surface area contributed by atoms with Crippen LogP contribution >= 0.6 is 0 Å². The maximum atomic E-state index is 12.0. The smallest absolute Gasteiger partial charge is 0.243 e. The number of likely N-dealkylation sites (tertiary alicyclic amines) is 1. The van der Waals surface area contributed by atoms with E-state index < -0.39 is 0 Å². The van der Waals surface area contributed by atoms with Crippen molar-refractivity contribution in [2.75, 3.05) is 46.9 Å². The Hall–Kier alpha value is -1.30. The molecule has 3 aliphatic rings. The van der Waals surface area contributed by atoms with E-state index in [1.165, 1.54) is 38.5 Å². The number of hydrogen-bond donors (Lipinski definition) is 1. The molecule has 2 aliphatic heterocycles. The first-order chi connectivity index (χ1) is 12.6. The largest absolute Gasteiger partial charge is 0.378 e. The van der Waals surface area contributed by atoms with Gasteiger partial charge in [-0.1, -0.05) is 19.3 Å². The van der Waals surface area contributed by atoms with Gasteiger partial charge in [0.2, 0.25) is 5.91 Å². The van der Waals surface area contributed by atoms with Crippen LogP contribution in [0, 0.1) is 11.8 Å². The van der Waals surface area contributed by atoms with Crippen LogP contribution in [-0.2, 0) is 9.53 Å². The highest BCUT2D eigenvalue weighted by Crippen LogP contribution is 2.28. The second kappa shape index (κ2) is 9.58. The van der Waals surface area contributed by atoms with Crippen LogP contribution in [0.4, 0.5) is 0 Å². The van der Waals surface area contributed by atoms with E-state index in [-0.39, 0.29) is 12.5 Å². The van der Waals surface area contributed by atoms with Gasteiger partial charge in [-0.05, 0) is 38.0 Å². The highest BCUT2D eigenvalue weighted by Gasteiger charge is 2.33. The molecular formula is C20H36N4O2. The standard InChI is InChI=1S/C20H36N4O2/c1-23(2)19(25)14-22-20(21-13-16-7-4-3-5-8-16)24-11-10-18-17(15-24)9-6-12-26-18/h16-18H,3-15H2,1-2H3,(H,21,22). The summed E-state index contributed by atoms with van der Waals surface area (Å²) in [4.78, 5) is 20.7. The van der Waals surface area contributed by atoms with Crippen molar-refractivity contribution in [3.63, 3.8) is 0 Å². The number of aliphatic imine (C=N–C) groups is 1. The fourth-order valence-electron chi connectivity index (χ4n) is 4.46. The van der Waals surface area contributed by atoms with Gasteiger partial charge in [-0.25, -0.2) is 4.99 Å². The summed E-state index contributed by atoms with van der Waals surface area (Å²) in [5.74, 6) is 2.32. The molecule has 2 atom stereocenters. The second-order valence-corrected chi connectivity index (χ2v) is 8.36. The number of hydrogen-bond acceptors (Lipinski definition) is 3. The predicted molar refractivity (Wildman–Crippen MR) is 104 cm³/mol. The highest BCUT2D eigenvalue weighted by molar-refractivity contribution is 5.85. The van der Waals surface area contributed by atoms with Crippen LogP contribution in [0.5, 0.6) is 0 Å². The van der Waals surface area contributed by atoms with Crippen LogP contribution in [0.15, 0.2) is 4.99 Å². The first-order valence-electron chi connectivity index (χ1n) is 10.5. The minimum Gasteiger partial charge on any atom is -0.378 e. The Morgan fingerprint density at radius 3 is 2.73 bits per heavy atom. The molecule has 0 radical (unpaired) electrons. The number of rotatable bonds is 4. The SMILES string of the molecule is CN(C)C(=O)CN=C(NCC1CCCCC1)N1CCC2OCCCC2C1. The van der Waals surface area contributed by atoms with Gasteiger partial charge >= 0.3 is 0 Å². The fraction of sp³-hybridized carbons (Fsp3) is 0.900. The third kappa shape index (κ3) is 5.35. The monoisotopic (exact) mass is 364 g/mol. The van der Waals surface area contributed by atoms with E-state index in [4.69, 9.17) is 9.73 Å². The number of carbonyl (C=O) groups is 1. The van der Waals surface area contributed by atoms with Crippen LogP contribution in [0.3, 0.4) is 0 Å². The third-order valence-electron chi connectivity index (χ3n) is 6.15. The molecule has 0 bridgehead atoms. The van der Waals surface area contributed by atoms with Crippen molar-refractivity contribution >= 4 is 11.9 Å². The summed E-state index contributed by atoms with van der Waals surface area (Å²) in [5, 5.41) is 3.61. The van der Waals surface area contributed by atoms with Crippen molar-refractivity contribution < 1.29 is 9.53 Å². The molecule has 3 fully saturated rings. The molecule has 148 valence electrons. The van der Waals surface area contributed by atoms with E-state index in [2.05, 4.69) is 10.2 Å². The second-order valence-electron chi connectivity index (χ2n) is 8.36. The first kappa shape index (κ1) is 19.5. The lowest BCUT2D eigenvalue weighted by Gasteiger charge is -2.42. The van der Waals surface area contributed by atoms with Crippen molar-refractivity contribution in [1.29, 1.82) is 0 Å². The Balaban J connectivity index is 1.61. The zero-order chi connectivity index (χ0) is 18.4. The van der Waals surface area contributed by atoms with Gasteiger partial charge in [0.05, 0.1) is 6.10 Å². The van der Waals surface area contributed by atoms with Crippen LogP contribution in [0.1, 0.15) is 51.4 Å². The zero-order valence-electron chi connectivity index (χ0n) is 16.6. The summed E-state index contributed by atoms with van der Waals surface area (Å²) >= 11 is 0. The predicted octanol–water partition coefficient (Wildman–Crippen LogP) is 2.10. The molecule has 0 aromatic rings. The van der Waals surface area contributed by atoms with Gasteiger partial charge in [0.15, 0.2) is 5.96 Å².